The van der Waals surface area contributed by atoms with Crippen molar-refractivity contribution in [1.29, 1.82) is 0 Å². The number of hydrogen-bond acceptors (Lipinski definition) is 6. The Morgan fingerprint density at radius 3 is 2.55 bits per heavy atom. The molecule has 0 fully saturated rings. The Hall–Kier alpha value is -2.78. The van der Waals surface area contributed by atoms with E-state index in [4.69, 9.17) is 14.2 Å². The predicted molar refractivity (Wildman–Crippen MR) is 108 cm³/mol. The summed E-state index contributed by atoms with van der Waals surface area (Å²) >= 11 is 0. The Bertz CT molecular complexity index is 1020. The minimum absolute atomic E-state index is 0.0499. The van der Waals surface area contributed by atoms with Crippen molar-refractivity contribution in [2.24, 2.45) is 0 Å². The van der Waals surface area contributed by atoms with Gasteiger partial charge in [0.25, 0.3) is 5.91 Å². The average molecular weight is 420 g/mol. The van der Waals surface area contributed by atoms with E-state index < -0.39 is 16.1 Å². The van der Waals surface area contributed by atoms with Gasteiger partial charge in [-0.05, 0) is 56.2 Å². The Labute approximate surface area is 170 Å². The number of ether oxygens (including phenoxy) is 3. The van der Waals surface area contributed by atoms with Gasteiger partial charge < -0.3 is 19.5 Å². The SMILES string of the molecule is COc1ccc(C[C@@H](C)NS(=O)(=O)c2ccc3c(c2)NC(=O)[C@H](C)O3)cc1OC. The Balaban J connectivity index is 1.74. The van der Waals surface area contributed by atoms with Crippen LogP contribution in [0.1, 0.15) is 19.4 Å². The van der Waals surface area contributed by atoms with Gasteiger partial charge in [0.1, 0.15) is 5.75 Å². The van der Waals surface area contributed by atoms with Crippen molar-refractivity contribution in [2.75, 3.05) is 19.5 Å². The zero-order valence-electron chi connectivity index (χ0n) is 16.7. The lowest BCUT2D eigenvalue weighted by Gasteiger charge is -2.24. The van der Waals surface area contributed by atoms with E-state index in [1.54, 1.807) is 40.2 Å². The number of benzene rings is 2. The summed E-state index contributed by atoms with van der Waals surface area (Å²) in [5, 5.41) is 2.66. The summed E-state index contributed by atoms with van der Waals surface area (Å²) in [6.07, 6.45) is -0.161. The van der Waals surface area contributed by atoms with Crippen LogP contribution in [0, 0.1) is 0 Å². The van der Waals surface area contributed by atoms with Crippen LogP contribution in [0.2, 0.25) is 0 Å². The molecule has 2 aromatic carbocycles. The molecule has 2 aromatic rings. The maximum Gasteiger partial charge on any atom is 0.265 e. The summed E-state index contributed by atoms with van der Waals surface area (Å²) < 4.78 is 44.2. The third-order valence-corrected chi connectivity index (χ3v) is 6.13. The summed E-state index contributed by atoms with van der Waals surface area (Å²) in [5.74, 6) is 1.31. The van der Waals surface area contributed by atoms with Gasteiger partial charge in [-0.25, -0.2) is 13.1 Å². The van der Waals surface area contributed by atoms with Crippen molar-refractivity contribution in [3.63, 3.8) is 0 Å². The molecule has 29 heavy (non-hydrogen) atoms. The normalized spacial score (nSPS) is 17.0. The number of nitrogens with one attached hydrogen (secondary N) is 2. The zero-order chi connectivity index (χ0) is 21.2. The van der Waals surface area contributed by atoms with Crippen LogP contribution < -0.4 is 24.2 Å². The molecule has 0 aromatic heterocycles. The van der Waals surface area contributed by atoms with Crippen LogP contribution in [-0.2, 0) is 21.2 Å². The highest BCUT2D eigenvalue weighted by atomic mass is 32.2. The minimum atomic E-state index is -3.79. The summed E-state index contributed by atoms with van der Waals surface area (Å²) in [7, 11) is -0.680. The van der Waals surface area contributed by atoms with Crippen molar-refractivity contribution >= 4 is 21.6 Å². The first-order valence-corrected chi connectivity index (χ1v) is 10.6. The number of fused-ring (bicyclic) bond motifs is 1. The molecular formula is C20H24N2O6S. The number of hydrogen-bond donors (Lipinski definition) is 2. The van der Waals surface area contributed by atoms with Gasteiger partial charge in [0, 0.05) is 6.04 Å². The summed E-state index contributed by atoms with van der Waals surface area (Å²) in [6.45, 7) is 3.40. The zero-order valence-corrected chi connectivity index (χ0v) is 17.5. The van der Waals surface area contributed by atoms with Crippen LogP contribution in [0.4, 0.5) is 5.69 Å². The Kier molecular flexibility index (Phi) is 5.99. The maximum absolute atomic E-state index is 12.8. The molecule has 1 heterocycles. The van der Waals surface area contributed by atoms with Crippen LogP contribution in [0.5, 0.6) is 17.2 Å². The third kappa shape index (κ3) is 4.63. The molecule has 0 saturated carbocycles. The van der Waals surface area contributed by atoms with Gasteiger partial charge in [-0.15, -0.1) is 0 Å². The number of carbonyl (C=O) groups is 1. The topological polar surface area (TPSA) is 103 Å². The first-order chi connectivity index (χ1) is 13.7. The molecule has 8 nitrogen and oxygen atoms in total. The summed E-state index contributed by atoms with van der Waals surface area (Å²) in [4.78, 5) is 11.8. The minimum Gasteiger partial charge on any atom is -0.493 e. The standard InChI is InChI=1S/C20H24N2O6S/c1-12(9-14-5-7-18(26-3)19(10-14)27-4)22-29(24,25)15-6-8-17-16(11-15)21-20(23)13(2)28-17/h5-8,10-13,22H,9H2,1-4H3,(H,21,23)/t12-,13+/m1/s1. The fourth-order valence-electron chi connectivity index (χ4n) is 3.09. The molecular weight excluding hydrogens is 396 g/mol. The molecule has 0 bridgehead atoms. The van der Waals surface area contributed by atoms with E-state index >= 15 is 0 Å². The van der Waals surface area contributed by atoms with E-state index in [9.17, 15) is 13.2 Å². The molecule has 156 valence electrons. The van der Waals surface area contributed by atoms with E-state index in [-0.39, 0.29) is 16.8 Å². The molecule has 2 N–H and O–H groups in total. The second kappa shape index (κ2) is 8.30. The second-order valence-electron chi connectivity index (χ2n) is 6.82. The van der Waals surface area contributed by atoms with Crippen LogP contribution in [0.15, 0.2) is 41.3 Å². The van der Waals surface area contributed by atoms with Crippen molar-refractivity contribution in [3.8, 4) is 17.2 Å². The van der Waals surface area contributed by atoms with Gasteiger partial charge in [0.2, 0.25) is 10.0 Å². The van der Waals surface area contributed by atoms with E-state index in [1.807, 2.05) is 12.1 Å². The number of methoxy groups -OCH3 is 2. The monoisotopic (exact) mass is 420 g/mol. The molecule has 0 radical (unpaired) electrons. The number of rotatable bonds is 7. The van der Waals surface area contributed by atoms with Crippen molar-refractivity contribution in [3.05, 3.63) is 42.0 Å². The summed E-state index contributed by atoms with van der Waals surface area (Å²) in [5.41, 5.74) is 1.24. The number of carbonyl (C=O) groups excluding carboxylic acids is 1. The van der Waals surface area contributed by atoms with E-state index in [1.165, 1.54) is 12.1 Å². The third-order valence-electron chi connectivity index (χ3n) is 4.54. The molecule has 3 rings (SSSR count). The molecule has 1 amide bonds. The number of anilines is 1. The van der Waals surface area contributed by atoms with Gasteiger partial charge >= 0.3 is 0 Å². The van der Waals surface area contributed by atoms with E-state index in [0.29, 0.717) is 29.4 Å². The quantitative estimate of drug-likeness (QED) is 0.713. The molecule has 9 heteroatoms. The Morgan fingerprint density at radius 1 is 1.14 bits per heavy atom. The first kappa shape index (κ1) is 20.9. The second-order valence-corrected chi connectivity index (χ2v) is 8.54. The lowest BCUT2D eigenvalue weighted by Crippen LogP contribution is -2.35. The van der Waals surface area contributed by atoms with Crippen molar-refractivity contribution in [1.82, 2.24) is 4.72 Å². The molecule has 0 aliphatic carbocycles. The molecule has 0 unspecified atom stereocenters. The largest absolute Gasteiger partial charge is 0.493 e. The van der Waals surface area contributed by atoms with Gasteiger partial charge in [-0.2, -0.15) is 0 Å². The van der Waals surface area contributed by atoms with E-state index in [0.717, 1.165) is 5.56 Å². The van der Waals surface area contributed by atoms with Gasteiger partial charge in [-0.1, -0.05) is 6.07 Å². The van der Waals surface area contributed by atoms with Crippen LogP contribution in [-0.4, -0.2) is 40.7 Å². The van der Waals surface area contributed by atoms with Gasteiger partial charge in [0.15, 0.2) is 17.6 Å². The highest BCUT2D eigenvalue weighted by Gasteiger charge is 2.26. The molecule has 0 spiro atoms. The molecule has 1 aliphatic heterocycles. The van der Waals surface area contributed by atoms with Crippen LogP contribution >= 0.6 is 0 Å². The van der Waals surface area contributed by atoms with Crippen LogP contribution in [0.3, 0.4) is 0 Å². The maximum atomic E-state index is 12.8. The lowest BCUT2D eigenvalue weighted by molar-refractivity contribution is -0.122. The highest BCUT2D eigenvalue weighted by Crippen LogP contribution is 2.32. The molecule has 0 saturated heterocycles. The number of amides is 1. The van der Waals surface area contributed by atoms with Gasteiger partial charge in [0.05, 0.1) is 24.8 Å². The highest BCUT2D eigenvalue weighted by molar-refractivity contribution is 7.89. The predicted octanol–water partition coefficient (Wildman–Crippen LogP) is 2.33. The van der Waals surface area contributed by atoms with Crippen molar-refractivity contribution < 1.29 is 27.4 Å². The summed E-state index contributed by atoms with van der Waals surface area (Å²) in [6, 6.07) is 9.47. The number of sulfonamides is 1. The fraction of sp³-hybridized carbons (Fsp3) is 0.350. The van der Waals surface area contributed by atoms with Gasteiger partial charge in [-0.3, -0.25) is 4.79 Å². The Morgan fingerprint density at radius 2 is 1.86 bits per heavy atom. The first-order valence-electron chi connectivity index (χ1n) is 9.08. The van der Waals surface area contributed by atoms with Crippen molar-refractivity contribution in [2.45, 2.75) is 37.3 Å². The van der Waals surface area contributed by atoms with E-state index in [2.05, 4.69) is 10.0 Å². The molecule has 1 aliphatic rings. The fourth-order valence-corrected chi connectivity index (χ4v) is 4.36. The lowest BCUT2D eigenvalue weighted by atomic mass is 10.1. The molecule has 2 atom stereocenters. The average Bonchev–Trinajstić information content (AvgIpc) is 2.67. The van der Waals surface area contributed by atoms with Crippen LogP contribution in [0.25, 0.3) is 0 Å². The smallest absolute Gasteiger partial charge is 0.265 e.